The van der Waals surface area contributed by atoms with Crippen molar-refractivity contribution < 1.29 is 4.39 Å². The summed E-state index contributed by atoms with van der Waals surface area (Å²) in [4.78, 5) is 4.06. The van der Waals surface area contributed by atoms with Crippen LogP contribution in [0.5, 0.6) is 0 Å². The summed E-state index contributed by atoms with van der Waals surface area (Å²) < 4.78 is 13.4. The second-order valence-electron chi connectivity index (χ2n) is 4.12. The number of aromatic nitrogens is 1. The Morgan fingerprint density at radius 1 is 1.29 bits per heavy atom. The normalized spacial score (nSPS) is 12.2. The van der Waals surface area contributed by atoms with Crippen LogP contribution >= 0.6 is 0 Å². The highest BCUT2D eigenvalue weighted by Crippen LogP contribution is 2.20. The largest absolute Gasteiger partial charge is 0.378 e. The van der Waals surface area contributed by atoms with E-state index in [2.05, 4.69) is 10.3 Å². The molecular weight excluding hydrogens is 215 g/mol. The van der Waals surface area contributed by atoms with Gasteiger partial charge in [-0.05, 0) is 43.2 Å². The highest BCUT2D eigenvalue weighted by atomic mass is 19.1. The zero-order chi connectivity index (χ0) is 12.3. The number of nitrogens with zero attached hydrogens (tertiary/aromatic N) is 1. The van der Waals surface area contributed by atoms with Crippen molar-refractivity contribution in [3.8, 4) is 0 Å². The molecule has 3 heteroatoms. The number of pyridine rings is 1. The van der Waals surface area contributed by atoms with Crippen molar-refractivity contribution in [2.75, 3.05) is 5.32 Å². The number of nitrogens with one attached hydrogen (secondary N) is 1. The monoisotopic (exact) mass is 230 g/mol. The quantitative estimate of drug-likeness (QED) is 0.869. The number of aryl methyl sites for hydroxylation is 1. The summed E-state index contributed by atoms with van der Waals surface area (Å²) in [6.07, 6.45) is 3.55. The number of hydrogen-bond acceptors (Lipinski definition) is 2. The van der Waals surface area contributed by atoms with E-state index in [9.17, 15) is 4.39 Å². The van der Waals surface area contributed by atoms with E-state index in [4.69, 9.17) is 0 Å². The standard InChI is InChI=1S/C14H15FN2/c1-10-5-6-13(8-14(10)15)17-11(2)12-4-3-7-16-9-12/h3-9,11,17H,1-2H3. The molecular formula is C14H15FN2. The van der Waals surface area contributed by atoms with Gasteiger partial charge < -0.3 is 5.32 Å². The van der Waals surface area contributed by atoms with E-state index in [1.807, 2.05) is 31.3 Å². The van der Waals surface area contributed by atoms with Gasteiger partial charge in [-0.3, -0.25) is 4.98 Å². The molecule has 1 aromatic heterocycles. The molecule has 1 N–H and O–H groups in total. The Kier molecular flexibility index (Phi) is 3.38. The average Bonchev–Trinajstić information content (AvgIpc) is 2.35. The van der Waals surface area contributed by atoms with Gasteiger partial charge in [0.05, 0.1) is 6.04 Å². The molecule has 1 unspecified atom stereocenters. The third-order valence-electron chi connectivity index (χ3n) is 2.74. The lowest BCUT2D eigenvalue weighted by Crippen LogP contribution is -2.07. The van der Waals surface area contributed by atoms with Gasteiger partial charge in [-0.25, -0.2) is 4.39 Å². The molecule has 1 heterocycles. The van der Waals surface area contributed by atoms with E-state index in [1.54, 1.807) is 19.2 Å². The van der Waals surface area contributed by atoms with Crippen LogP contribution in [-0.2, 0) is 0 Å². The molecule has 1 aromatic carbocycles. The molecule has 0 aliphatic rings. The lowest BCUT2D eigenvalue weighted by atomic mass is 10.1. The number of anilines is 1. The van der Waals surface area contributed by atoms with Crippen LogP contribution in [0.1, 0.15) is 24.1 Å². The fraction of sp³-hybridized carbons (Fsp3) is 0.214. The lowest BCUT2D eigenvalue weighted by Gasteiger charge is -2.15. The molecule has 0 saturated carbocycles. The Balaban J connectivity index is 2.13. The minimum Gasteiger partial charge on any atom is -0.378 e. The van der Waals surface area contributed by atoms with Gasteiger partial charge >= 0.3 is 0 Å². The van der Waals surface area contributed by atoms with Crippen molar-refractivity contribution in [3.05, 3.63) is 59.7 Å². The van der Waals surface area contributed by atoms with Gasteiger partial charge in [0, 0.05) is 18.1 Å². The molecule has 1 atom stereocenters. The number of benzene rings is 1. The molecule has 0 radical (unpaired) electrons. The molecule has 0 fully saturated rings. The van der Waals surface area contributed by atoms with Gasteiger partial charge in [-0.15, -0.1) is 0 Å². The molecule has 0 aliphatic carbocycles. The van der Waals surface area contributed by atoms with Gasteiger partial charge in [0.25, 0.3) is 0 Å². The van der Waals surface area contributed by atoms with Crippen molar-refractivity contribution in [2.24, 2.45) is 0 Å². The van der Waals surface area contributed by atoms with Crippen LogP contribution in [-0.4, -0.2) is 4.98 Å². The van der Waals surface area contributed by atoms with Crippen LogP contribution in [0.4, 0.5) is 10.1 Å². The molecule has 0 spiro atoms. The smallest absolute Gasteiger partial charge is 0.128 e. The summed E-state index contributed by atoms with van der Waals surface area (Å²) in [5.41, 5.74) is 2.52. The van der Waals surface area contributed by atoms with Crippen molar-refractivity contribution in [1.29, 1.82) is 0 Å². The van der Waals surface area contributed by atoms with E-state index in [0.29, 0.717) is 5.56 Å². The van der Waals surface area contributed by atoms with E-state index < -0.39 is 0 Å². The van der Waals surface area contributed by atoms with Crippen molar-refractivity contribution in [1.82, 2.24) is 4.98 Å². The summed E-state index contributed by atoms with van der Waals surface area (Å²) in [6.45, 7) is 3.78. The molecule has 2 nitrogen and oxygen atoms in total. The van der Waals surface area contributed by atoms with Crippen LogP contribution in [0.2, 0.25) is 0 Å². The maximum absolute atomic E-state index is 13.4. The average molecular weight is 230 g/mol. The Hall–Kier alpha value is -1.90. The van der Waals surface area contributed by atoms with Crippen molar-refractivity contribution >= 4 is 5.69 Å². The molecule has 2 aromatic rings. The van der Waals surface area contributed by atoms with Crippen molar-refractivity contribution in [2.45, 2.75) is 19.9 Å². The van der Waals surface area contributed by atoms with E-state index >= 15 is 0 Å². The zero-order valence-electron chi connectivity index (χ0n) is 9.94. The second-order valence-corrected chi connectivity index (χ2v) is 4.12. The molecule has 0 saturated heterocycles. The summed E-state index contributed by atoms with van der Waals surface area (Å²) in [6, 6.07) is 9.16. The summed E-state index contributed by atoms with van der Waals surface area (Å²) in [5.74, 6) is -0.187. The Labute approximate surface area is 101 Å². The molecule has 88 valence electrons. The van der Waals surface area contributed by atoms with Crippen LogP contribution in [0.25, 0.3) is 0 Å². The van der Waals surface area contributed by atoms with Gasteiger partial charge in [-0.2, -0.15) is 0 Å². The molecule has 0 bridgehead atoms. The Morgan fingerprint density at radius 3 is 2.76 bits per heavy atom. The highest BCUT2D eigenvalue weighted by Gasteiger charge is 2.06. The molecule has 2 rings (SSSR count). The van der Waals surface area contributed by atoms with Gasteiger partial charge in [0.15, 0.2) is 0 Å². The Bertz CT molecular complexity index is 497. The Morgan fingerprint density at radius 2 is 2.12 bits per heavy atom. The SMILES string of the molecule is Cc1ccc(NC(C)c2cccnc2)cc1F. The maximum atomic E-state index is 13.4. The van der Waals surface area contributed by atoms with Crippen molar-refractivity contribution in [3.63, 3.8) is 0 Å². The number of hydrogen-bond donors (Lipinski definition) is 1. The summed E-state index contributed by atoms with van der Waals surface area (Å²) >= 11 is 0. The molecule has 17 heavy (non-hydrogen) atoms. The molecule has 0 amide bonds. The first-order valence-electron chi connectivity index (χ1n) is 5.59. The predicted molar refractivity (Wildman–Crippen MR) is 67.4 cm³/mol. The predicted octanol–water partition coefficient (Wildman–Crippen LogP) is 3.70. The highest BCUT2D eigenvalue weighted by molar-refractivity contribution is 5.46. The third kappa shape index (κ3) is 2.81. The second kappa shape index (κ2) is 4.95. The van der Waals surface area contributed by atoms with Crippen LogP contribution in [0.3, 0.4) is 0 Å². The third-order valence-corrected chi connectivity index (χ3v) is 2.74. The lowest BCUT2D eigenvalue weighted by molar-refractivity contribution is 0.618. The number of halogens is 1. The minimum absolute atomic E-state index is 0.103. The first-order chi connectivity index (χ1) is 8.16. The van der Waals surface area contributed by atoms with Gasteiger partial charge in [0.2, 0.25) is 0 Å². The van der Waals surface area contributed by atoms with E-state index in [0.717, 1.165) is 11.3 Å². The summed E-state index contributed by atoms with van der Waals surface area (Å²) in [7, 11) is 0. The van der Waals surface area contributed by atoms with Crippen LogP contribution in [0, 0.1) is 12.7 Å². The fourth-order valence-electron chi connectivity index (χ4n) is 1.65. The zero-order valence-corrected chi connectivity index (χ0v) is 9.94. The maximum Gasteiger partial charge on any atom is 0.128 e. The van der Waals surface area contributed by atoms with Crippen LogP contribution < -0.4 is 5.32 Å². The first-order valence-corrected chi connectivity index (χ1v) is 5.59. The van der Waals surface area contributed by atoms with E-state index in [1.165, 1.54) is 6.07 Å². The van der Waals surface area contributed by atoms with Gasteiger partial charge in [0.1, 0.15) is 5.82 Å². The topological polar surface area (TPSA) is 24.9 Å². The van der Waals surface area contributed by atoms with E-state index in [-0.39, 0.29) is 11.9 Å². The number of rotatable bonds is 3. The first kappa shape index (κ1) is 11.6. The summed E-state index contributed by atoms with van der Waals surface area (Å²) in [5, 5.41) is 3.25. The van der Waals surface area contributed by atoms with Crippen LogP contribution in [0.15, 0.2) is 42.7 Å². The minimum atomic E-state index is -0.187. The molecule has 0 aliphatic heterocycles. The van der Waals surface area contributed by atoms with Gasteiger partial charge in [-0.1, -0.05) is 12.1 Å². The fourth-order valence-corrected chi connectivity index (χ4v) is 1.65.